The topological polar surface area (TPSA) is 85.4 Å². The van der Waals surface area contributed by atoms with Crippen molar-refractivity contribution in [2.75, 3.05) is 26.2 Å². The molecule has 8 nitrogen and oxygen atoms in total. The molecule has 0 spiro atoms. The first-order chi connectivity index (χ1) is 12.8. The number of carbonyl (C=O) groups is 3. The summed E-state index contributed by atoms with van der Waals surface area (Å²) in [6.45, 7) is 14.1. The number of hydrogen-bond acceptors (Lipinski definition) is 6. The van der Waals surface area contributed by atoms with E-state index < -0.39 is 23.4 Å². The molecule has 28 heavy (non-hydrogen) atoms. The molecule has 8 heteroatoms. The molecule has 2 amide bonds. The van der Waals surface area contributed by atoms with Crippen molar-refractivity contribution >= 4 is 18.2 Å². The Morgan fingerprint density at radius 1 is 0.929 bits per heavy atom. The molecule has 0 aliphatic carbocycles. The third kappa shape index (κ3) is 8.80. The van der Waals surface area contributed by atoms with Crippen LogP contribution in [-0.2, 0) is 19.0 Å². The van der Waals surface area contributed by atoms with Gasteiger partial charge in [-0.2, -0.15) is 0 Å². The van der Waals surface area contributed by atoms with Gasteiger partial charge in [0.2, 0.25) is 0 Å². The molecular formula is C20H36N2O6. The third-order valence-corrected chi connectivity index (χ3v) is 3.99. The SMILES string of the molecule is CCOC(=O)CCC[C@H]1CN(C(=O)OC(C)(C)C)CCN1C(=O)OC(C)(C)C. The van der Waals surface area contributed by atoms with E-state index in [0.29, 0.717) is 39.1 Å². The van der Waals surface area contributed by atoms with Gasteiger partial charge in [-0.3, -0.25) is 4.79 Å². The van der Waals surface area contributed by atoms with Crippen molar-refractivity contribution in [3.63, 3.8) is 0 Å². The van der Waals surface area contributed by atoms with Gasteiger partial charge in [0.25, 0.3) is 0 Å². The van der Waals surface area contributed by atoms with Crippen LogP contribution in [0.1, 0.15) is 67.7 Å². The Hall–Kier alpha value is -1.99. The Labute approximate surface area is 168 Å². The quantitative estimate of drug-likeness (QED) is 0.518. The van der Waals surface area contributed by atoms with Gasteiger partial charge in [0.15, 0.2) is 0 Å². The Bertz CT molecular complexity index is 550. The average molecular weight is 401 g/mol. The summed E-state index contributed by atoms with van der Waals surface area (Å²) in [5.74, 6) is -0.258. The summed E-state index contributed by atoms with van der Waals surface area (Å²) in [5, 5.41) is 0. The maximum atomic E-state index is 12.6. The van der Waals surface area contributed by atoms with Crippen LogP contribution in [0.15, 0.2) is 0 Å². The fraction of sp³-hybridized carbons (Fsp3) is 0.850. The Kier molecular flexibility index (Phi) is 8.57. The Balaban J connectivity index is 2.79. The standard InChI is InChI=1S/C20H36N2O6/c1-8-26-16(23)11-9-10-15-14-21(17(24)27-19(2,3)4)12-13-22(15)18(25)28-20(5,6)7/h15H,8-14H2,1-7H3/t15-/m0/s1. The van der Waals surface area contributed by atoms with Crippen LogP contribution in [0.4, 0.5) is 9.59 Å². The molecule has 0 unspecified atom stereocenters. The van der Waals surface area contributed by atoms with Gasteiger partial charge in [0, 0.05) is 26.1 Å². The number of amides is 2. The number of nitrogens with zero attached hydrogens (tertiary/aromatic N) is 2. The van der Waals surface area contributed by atoms with Gasteiger partial charge in [-0.25, -0.2) is 9.59 Å². The smallest absolute Gasteiger partial charge is 0.410 e. The summed E-state index contributed by atoms with van der Waals surface area (Å²) in [6, 6.07) is -0.245. The summed E-state index contributed by atoms with van der Waals surface area (Å²) in [7, 11) is 0. The van der Waals surface area contributed by atoms with Crippen molar-refractivity contribution in [2.24, 2.45) is 0 Å². The minimum Gasteiger partial charge on any atom is -0.466 e. The van der Waals surface area contributed by atoms with Crippen LogP contribution in [0.2, 0.25) is 0 Å². The largest absolute Gasteiger partial charge is 0.466 e. The van der Waals surface area contributed by atoms with E-state index >= 15 is 0 Å². The molecular weight excluding hydrogens is 364 g/mol. The van der Waals surface area contributed by atoms with Crippen molar-refractivity contribution in [1.29, 1.82) is 0 Å². The predicted octanol–water partition coefficient (Wildman–Crippen LogP) is 3.58. The highest BCUT2D eigenvalue weighted by molar-refractivity contribution is 5.71. The zero-order chi connectivity index (χ0) is 21.5. The number of ether oxygens (including phenoxy) is 3. The number of piperazine rings is 1. The van der Waals surface area contributed by atoms with Crippen LogP contribution in [-0.4, -0.2) is 71.4 Å². The highest BCUT2D eigenvalue weighted by atomic mass is 16.6. The van der Waals surface area contributed by atoms with Gasteiger partial charge in [0.05, 0.1) is 12.6 Å². The van der Waals surface area contributed by atoms with Gasteiger partial charge in [0.1, 0.15) is 11.2 Å². The van der Waals surface area contributed by atoms with E-state index in [-0.39, 0.29) is 18.4 Å². The molecule has 0 bridgehead atoms. The number of esters is 1. The Morgan fingerprint density at radius 3 is 2.04 bits per heavy atom. The normalized spacial score (nSPS) is 17.9. The maximum absolute atomic E-state index is 12.6. The molecule has 1 heterocycles. The Morgan fingerprint density at radius 2 is 1.50 bits per heavy atom. The summed E-state index contributed by atoms with van der Waals surface area (Å²) >= 11 is 0. The van der Waals surface area contributed by atoms with E-state index in [2.05, 4.69) is 0 Å². The molecule has 1 rings (SSSR count). The van der Waals surface area contributed by atoms with Crippen LogP contribution in [0, 0.1) is 0 Å². The zero-order valence-corrected chi connectivity index (χ0v) is 18.4. The van der Waals surface area contributed by atoms with Gasteiger partial charge in [-0.05, 0) is 61.3 Å². The molecule has 0 radical (unpaired) electrons. The molecule has 1 atom stereocenters. The van der Waals surface area contributed by atoms with Crippen LogP contribution >= 0.6 is 0 Å². The lowest BCUT2D eigenvalue weighted by atomic mass is 10.1. The van der Waals surface area contributed by atoms with Gasteiger partial charge in [-0.1, -0.05) is 0 Å². The van der Waals surface area contributed by atoms with E-state index in [0.717, 1.165) is 0 Å². The van der Waals surface area contributed by atoms with Gasteiger partial charge >= 0.3 is 18.2 Å². The minimum absolute atomic E-state index is 0.245. The first-order valence-electron chi connectivity index (χ1n) is 9.95. The second-order valence-electron chi connectivity index (χ2n) is 8.95. The van der Waals surface area contributed by atoms with E-state index in [1.54, 1.807) is 16.7 Å². The molecule has 1 aliphatic rings. The summed E-state index contributed by atoms with van der Waals surface area (Å²) < 4.78 is 15.9. The lowest BCUT2D eigenvalue weighted by molar-refractivity contribution is -0.143. The van der Waals surface area contributed by atoms with E-state index in [1.165, 1.54) is 0 Å². The molecule has 162 valence electrons. The summed E-state index contributed by atoms with van der Waals surface area (Å²) in [4.78, 5) is 39.9. The van der Waals surface area contributed by atoms with Crippen LogP contribution < -0.4 is 0 Å². The maximum Gasteiger partial charge on any atom is 0.410 e. The van der Waals surface area contributed by atoms with Crippen LogP contribution in [0.5, 0.6) is 0 Å². The zero-order valence-electron chi connectivity index (χ0n) is 18.4. The van der Waals surface area contributed by atoms with Gasteiger partial charge in [-0.15, -0.1) is 0 Å². The number of carbonyl (C=O) groups excluding carboxylic acids is 3. The number of hydrogen-bond donors (Lipinski definition) is 0. The van der Waals surface area contributed by atoms with E-state index in [9.17, 15) is 14.4 Å². The molecule has 0 aromatic rings. The second-order valence-corrected chi connectivity index (χ2v) is 8.95. The van der Waals surface area contributed by atoms with Crippen molar-refractivity contribution < 1.29 is 28.6 Å². The van der Waals surface area contributed by atoms with E-state index in [4.69, 9.17) is 14.2 Å². The highest BCUT2D eigenvalue weighted by Gasteiger charge is 2.36. The highest BCUT2D eigenvalue weighted by Crippen LogP contribution is 2.21. The fourth-order valence-corrected chi connectivity index (χ4v) is 2.87. The first-order valence-corrected chi connectivity index (χ1v) is 9.95. The molecule has 1 saturated heterocycles. The van der Waals surface area contributed by atoms with Crippen molar-refractivity contribution in [3.8, 4) is 0 Å². The van der Waals surface area contributed by atoms with Gasteiger partial charge < -0.3 is 24.0 Å². The molecule has 0 aromatic carbocycles. The van der Waals surface area contributed by atoms with E-state index in [1.807, 2.05) is 41.5 Å². The molecule has 0 aromatic heterocycles. The average Bonchev–Trinajstić information content (AvgIpc) is 2.51. The minimum atomic E-state index is -0.602. The molecule has 0 N–H and O–H groups in total. The third-order valence-electron chi connectivity index (χ3n) is 3.99. The van der Waals surface area contributed by atoms with Crippen molar-refractivity contribution in [2.45, 2.75) is 85.0 Å². The van der Waals surface area contributed by atoms with Crippen LogP contribution in [0.3, 0.4) is 0 Å². The number of rotatable bonds is 5. The molecule has 1 fully saturated rings. The lowest BCUT2D eigenvalue weighted by Gasteiger charge is -2.42. The summed E-state index contributed by atoms with van der Waals surface area (Å²) in [5.41, 5.74) is -1.19. The van der Waals surface area contributed by atoms with Crippen LogP contribution in [0.25, 0.3) is 0 Å². The molecule has 0 saturated carbocycles. The monoisotopic (exact) mass is 400 g/mol. The second kappa shape index (κ2) is 9.98. The lowest BCUT2D eigenvalue weighted by Crippen LogP contribution is -2.57. The predicted molar refractivity (Wildman–Crippen MR) is 105 cm³/mol. The van der Waals surface area contributed by atoms with Crippen molar-refractivity contribution in [3.05, 3.63) is 0 Å². The molecule has 1 aliphatic heterocycles. The fourth-order valence-electron chi connectivity index (χ4n) is 2.87. The summed E-state index contributed by atoms with van der Waals surface area (Å²) in [6.07, 6.45) is 0.602. The van der Waals surface area contributed by atoms with Crippen molar-refractivity contribution in [1.82, 2.24) is 9.80 Å². The first kappa shape index (κ1) is 24.0.